The molecule has 4 spiro atoms. The fourth-order valence-electron chi connectivity index (χ4n) is 13.2. The maximum Gasteiger partial charge on any atom is 0.409 e. The molecule has 4 N–H and O–H groups in total. The predicted octanol–water partition coefficient (Wildman–Crippen LogP) is 11.7. The smallest absolute Gasteiger partial charge is 0.409 e. The Morgan fingerprint density at radius 1 is 0.465 bits per heavy atom. The predicted molar refractivity (Wildman–Crippen MR) is 385 cm³/mol. The van der Waals surface area contributed by atoms with Crippen molar-refractivity contribution in [2.75, 3.05) is 114 Å². The molecular formula is C75H93N15O11. The Morgan fingerprint density at radius 3 is 1.04 bits per heavy atom. The number of ketones is 1. The molecule has 0 aliphatic carbocycles. The van der Waals surface area contributed by atoms with Crippen LogP contribution < -0.4 is 11.1 Å². The number of hydrogen-bond donors (Lipinski definition) is 3. The van der Waals surface area contributed by atoms with Gasteiger partial charge in [-0.3, -0.25) is 10.2 Å². The molecule has 26 nitrogen and oxygen atoms in total. The Hall–Kier alpha value is -10.2. The average molecular weight is 1380 g/mol. The highest BCUT2D eigenvalue weighted by atomic mass is 16.7. The summed E-state index contributed by atoms with van der Waals surface area (Å²) in [5, 5.41) is 27.8. The van der Waals surface area contributed by atoms with Crippen LogP contribution in [-0.2, 0) is 38.4 Å². The Labute approximate surface area is 592 Å². The maximum atomic E-state index is 11.5. The highest BCUT2D eigenvalue weighted by molar-refractivity contribution is 6.04. The number of rotatable bonds is 5. The number of amides is 3. The number of methoxy groups -OCH3 is 3. The van der Waals surface area contributed by atoms with Crippen molar-refractivity contribution >= 4 is 69.8 Å². The van der Waals surface area contributed by atoms with Crippen LogP contribution in [0.25, 0.3) is 14.5 Å². The lowest BCUT2D eigenvalue weighted by Crippen LogP contribution is -2.46. The highest BCUT2D eigenvalue weighted by Crippen LogP contribution is 2.40. The summed E-state index contributed by atoms with van der Waals surface area (Å²) in [6.45, 7) is 34.8. The number of nitrogens with one attached hydrogen (secondary N) is 2. The molecule has 3 amide bonds. The number of carbonyl (C=O) groups is 4. The molecule has 4 aromatic carbocycles. The summed E-state index contributed by atoms with van der Waals surface area (Å²) in [4.78, 5) is 86.8. The number of amidine groups is 1. The molecule has 6 fully saturated rings. The van der Waals surface area contributed by atoms with E-state index in [9.17, 15) is 19.2 Å². The van der Waals surface area contributed by atoms with Crippen molar-refractivity contribution in [2.24, 2.45) is 26.4 Å². The normalized spacial score (nSPS) is 20.3. The molecule has 0 radical (unpaired) electrons. The Kier molecular flexibility index (Phi) is 26.2. The van der Waals surface area contributed by atoms with Gasteiger partial charge in [0.1, 0.15) is 34.0 Å². The topological polar surface area (TPSA) is 274 Å². The molecule has 26 heteroatoms. The van der Waals surface area contributed by atoms with Crippen molar-refractivity contribution in [2.45, 2.75) is 125 Å². The molecule has 0 bridgehead atoms. The number of nitrogen functional groups attached to an aromatic ring is 1. The van der Waals surface area contributed by atoms with Crippen molar-refractivity contribution in [3.63, 3.8) is 0 Å². The van der Waals surface area contributed by atoms with E-state index in [-0.39, 0.29) is 52.3 Å². The zero-order valence-electron chi connectivity index (χ0n) is 58.7. The van der Waals surface area contributed by atoms with Crippen LogP contribution >= 0.6 is 0 Å². The van der Waals surface area contributed by atoms with E-state index in [0.717, 1.165) is 193 Å². The van der Waals surface area contributed by atoms with E-state index >= 15 is 0 Å². The largest absolute Gasteiger partial charge is 0.453 e. The lowest BCUT2D eigenvalue weighted by atomic mass is 9.85. The van der Waals surface area contributed by atoms with Crippen LogP contribution in [0.15, 0.2) is 130 Å². The number of likely N-dealkylation sites (tertiary alicyclic amines) is 5. The fourth-order valence-corrected chi connectivity index (χ4v) is 13.2. The monoisotopic (exact) mass is 1380 g/mol. The number of Topliss-reactive ketones (excluding diaryl/α,β-unsaturated/α-hetero) is 1. The van der Waals surface area contributed by atoms with Gasteiger partial charge in [-0.15, -0.1) is 0 Å². The van der Waals surface area contributed by atoms with Gasteiger partial charge in [-0.1, -0.05) is 130 Å². The number of carbonyl (C=O) groups excluding carboxylic acids is 4. The second kappa shape index (κ2) is 35.2. The van der Waals surface area contributed by atoms with Gasteiger partial charge in [0, 0.05) is 161 Å². The number of piperidine rings is 6. The minimum absolute atomic E-state index is 0.0830. The summed E-state index contributed by atoms with van der Waals surface area (Å²) in [6, 6.07) is 30.2. The molecule has 4 aromatic rings. The Balaban J connectivity index is 0.000000144. The molecule has 0 aromatic heterocycles. The van der Waals surface area contributed by atoms with E-state index in [1.807, 2.05) is 84.9 Å². The zero-order chi connectivity index (χ0) is 72.0. The quantitative estimate of drug-likeness (QED) is 0.0551. The first-order valence-corrected chi connectivity index (χ1v) is 34.4. The van der Waals surface area contributed by atoms with Crippen molar-refractivity contribution in [3.8, 4) is 0 Å². The van der Waals surface area contributed by atoms with Crippen LogP contribution in [0.2, 0.25) is 0 Å². The van der Waals surface area contributed by atoms with Crippen LogP contribution in [0.1, 0.15) is 131 Å². The van der Waals surface area contributed by atoms with E-state index in [4.69, 9.17) is 54.9 Å². The molecule has 6 saturated heterocycles. The Morgan fingerprint density at radius 2 is 0.743 bits per heavy atom. The minimum atomic E-state index is -0.336. The van der Waals surface area contributed by atoms with Crippen LogP contribution in [-0.4, -0.2) is 214 Å². The van der Waals surface area contributed by atoms with Gasteiger partial charge in [0.15, 0.2) is 17.1 Å². The third kappa shape index (κ3) is 20.5. The summed E-state index contributed by atoms with van der Waals surface area (Å²) in [5.41, 5.74) is 16.9. The second-order valence-electron chi connectivity index (χ2n) is 26.9. The molecule has 10 aliphatic heterocycles. The zero-order valence-corrected chi connectivity index (χ0v) is 58.7. The van der Waals surface area contributed by atoms with Gasteiger partial charge >= 0.3 is 18.3 Å². The SMILES string of the molecule is C=C1CCN(C(=O)OC)CC1.CN1CCC2(CC1)CC(c1ccc(C(=N)N)cc1)=NO2.COC(=O)N1CCC(=O)CC1.[C-]#[N+]c1ccc(C2=NOC3(CCN(C(=O)OC)CC3)C2)cc1.[C-]#[N+]c1ccc(C2=NOC3(CCN(C)CC3)C2)cc1.[C-]#[N+]c1ccc(C2=NOC3(CCNCC3)C2)cc1. The van der Waals surface area contributed by atoms with Gasteiger partial charge < -0.3 is 69.1 Å². The number of benzene rings is 4. The number of nitrogens with two attached hydrogens (primary N) is 1. The number of nitrogens with zero attached hydrogens (tertiary/aromatic N) is 12. The first-order valence-electron chi connectivity index (χ1n) is 34.4. The molecule has 0 unspecified atom stereocenters. The van der Waals surface area contributed by atoms with Gasteiger partial charge in [0.2, 0.25) is 0 Å². The van der Waals surface area contributed by atoms with Gasteiger partial charge in [0.05, 0.1) is 63.9 Å². The molecular weight excluding hydrogens is 1290 g/mol. The first-order chi connectivity index (χ1) is 48.7. The fraction of sp³-hybridized carbons (Fsp3) is 0.493. The summed E-state index contributed by atoms with van der Waals surface area (Å²) in [5.74, 6) is 0.318. The molecule has 0 saturated carbocycles. The van der Waals surface area contributed by atoms with E-state index in [1.165, 1.54) is 26.9 Å². The standard InChI is InChI=1S/C16H17N3O3.C15H20N4O.C15H17N3O.C14H15N3O.C8H13NO2.C7H11NO3/c1-17-13-5-3-12(4-6-13)14-11-16(22-18-14)7-9-19(10-8-16)15(20)21-2;1-19-8-6-15(7-9-19)10-13(18-20-15)11-2-4-12(5-3-11)14(16)17;1-16-13-5-3-12(4-6-13)14-11-15(19-17-14)7-9-18(2)10-8-15;1-15-12-4-2-11(3-5-12)13-10-14(18-17-13)6-8-16-9-7-14;1-7-3-5-9(6-4-7)8(10)11-2;1-11-7(10)8-4-2-6(9)3-5-8/h3-6H,7-11H2,2H3;2-5H,6-10H2,1H3,(H3,16,17);3-6H,7-11H2,2H3;2-5,16H,6-10H2;1,3-6H2,2H3;2-5H2,1H3. The van der Waals surface area contributed by atoms with Crippen molar-refractivity contribution in [1.82, 2.24) is 29.8 Å². The molecule has 534 valence electrons. The number of hydrogen-bond acceptors (Lipinski definition) is 19. The highest BCUT2D eigenvalue weighted by Gasteiger charge is 2.45. The number of ether oxygens (including phenoxy) is 3. The van der Waals surface area contributed by atoms with Gasteiger partial charge in [-0.25, -0.2) is 28.9 Å². The van der Waals surface area contributed by atoms with E-state index in [2.05, 4.69) is 80.4 Å². The van der Waals surface area contributed by atoms with E-state index < -0.39 is 0 Å². The molecule has 0 atom stereocenters. The number of oxime groups is 4. The van der Waals surface area contributed by atoms with Crippen LogP contribution in [0, 0.1) is 25.1 Å². The first kappa shape index (κ1) is 75.0. The lowest BCUT2D eigenvalue weighted by molar-refractivity contribution is -0.121. The van der Waals surface area contributed by atoms with Crippen molar-refractivity contribution in [3.05, 3.63) is 171 Å². The van der Waals surface area contributed by atoms with Crippen LogP contribution in [0.3, 0.4) is 0 Å². The summed E-state index contributed by atoms with van der Waals surface area (Å²) in [7, 11) is 8.44. The molecule has 101 heavy (non-hydrogen) atoms. The lowest BCUT2D eigenvalue weighted by Gasteiger charge is -2.36. The van der Waals surface area contributed by atoms with Gasteiger partial charge in [0.25, 0.3) is 0 Å². The van der Waals surface area contributed by atoms with Crippen LogP contribution in [0.4, 0.5) is 31.4 Å². The minimum Gasteiger partial charge on any atom is -0.453 e. The van der Waals surface area contributed by atoms with E-state index in [0.29, 0.717) is 56.1 Å². The van der Waals surface area contributed by atoms with E-state index in [1.54, 1.807) is 26.8 Å². The average Bonchev–Trinajstić information content (AvgIpc) is 1.68. The third-order valence-electron chi connectivity index (χ3n) is 20.0. The van der Waals surface area contributed by atoms with Crippen molar-refractivity contribution in [1.29, 1.82) is 5.41 Å². The molecule has 10 aliphatic rings. The van der Waals surface area contributed by atoms with Gasteiger partial charge in [-0.2, -0.15) is 0 Å². The summed E-state index contributed by atoms with van der Waals surface area (Å²) >= 11 is 0. The summed E-state index contributed by atoms with van der Waals surface area (Å²) in [6.07, 6.45) is 12.9. The van der Waals surface area contributed by atoms with Crippen LogP contribution in [0.5, 0.6) is 0 Å². The molecule has 10 heterocycles. The second-order valence-corrected chi connectivity index (χ2v) is 26.9. The molecule has 14 rings (SSSR count). The summed E-state index contributed by atoms with van der Waals surface area (Å²) < 4.78 is 13.8. The maximum absolute atomic E-state index is 11.5. The Bertz CT molecular complexity index is 3750. The third-order valence-corrected chi connectivity index (χ3v) is 20.0. The van der Waals surface area contributed by atoms with Gasteiger partial charge in [-0.05, 0) is 62.3 Å². The van der Waals surface area contributed by atoms with Crippen molar-refractivity contribution < 1.29 is 52.7 Å².